The largest absolute Gasteiger partial charge is 0.489 e. The van der Waals surface area contributed by atoms with Crippen LogP contribution in [-0.4, -0.2) is 0 Å². The quantitative estimate of drug-likeness (QED) is 0.736. The number of aryl methyl sites for hydroxylation is 1. The van der Waals surface area contributed by atoms with Crippen LogP contribution in [0, 0.1) is 6.92 Å². The molecule has 0 atom stereocenters. The molecule has 0 fully saturated rings. The monoisotopic (exact) mass is 242 g/mol. The molecule has 0 saturated carbocycles. The van der Waals surface area contributed by atoms with E-state index in [1.807, 2.05) is 30.3 Å². The lowest BCUT2D eigenvalue weighted by Crippen LogP contribution is -1.94. The molecule has 1 heteroatoms. The van der Waals surface area contributed by atoms with Crippen molar-refractivity contribution in [2.24, 2.45) is 0 Å². The highest BCUT2D eigenvalue weighted by Gasteiger charge is 1.94. The minimum absolute atomic E-state index is 0.629. The molecular formula is C17H22O. The molecular weight excluding hydrogens is 220 g/mol. The fourth-order valence-electron chi connectivity index (χ4n) is 1.38. The van der Waals surface area contributed by atoms with Gasteiger partial charge in [0.2, 0.25) is 0 Å². The maximum Gasteiger partial charge on any atom is 0.119 e. The first kappa shape index (κ1) is 14.3. The zero-order chi connectivity index (χ0) is 13.2. The molecule has 0 amide bonds. The summed E-state index contributed by atoms with van der Waals surface area (Å²) < 4.78 is 5.65. The summed E-state index contributed by atoms with van der Waals surface area (Å²) in [5.74, 6) is 0.921. The Bertz CT molecular complexity index is 417. The first-order chi connectivity index (χ1) is 8.76. The lowest BCUT2D eigenvalue weighted by molar-refractivity contribution is 0.306. The average molecular weight is 242 g/mol. The highest BCUT2D eigenvalue weighted by atomic mass is 16.5. The third-order valence-corrected chi connectivity index (χ3v) is 2.27. The van der Waals surface area contributed by atoms with Crippen LogP contribution >= 0.6 is 0 Å². The molecule has 0 heterocycles. The van der Waals surface area contributed by atoms with Crippen LogP contribution in [-0.2, 0) is 6.61 Å². The zero-order valence-corrected chi connectivity index (χ0v) is 11.5. The Morgan fingerprint density at radius 2 is 1.39 bits per heavy atom. The van der Waals surface area contributed by atoms with E-state index < -0.39 is 0 Å². The fourth-order valence-corrected chi connectivity index (χ4v) is 1.38. The number of benzene rings is 2. The van der Waals surface area contributed by atoms with Gasteiger partial charge in [-0.2, -0.15) is 0 Å². The minimum Gasteiger partial charge on any atom is -0.489 e. The van der Waals surface area contributed by atoms with Crippen molar-refractivity contribution >= 4 is 0 Å². The highest BCUT2D eigenvalue weighted by molar-refractivity contribution is 5.26. The molecule has 96 valence electrons. The predicted octanol–water partition coefficient (Wildman–Crippen LogP) is 4.99. The van der Waals surface area contributed by atoms with Crippen molar-refractivity contribution in [1.82, 2.24) is 0 Å². The van der Waals surface area contributed by atoms with E-state index in [-0.39, 0.29) is 0 Å². The van der Waals surface area contributed by atoms with Crippen LogP contribution < -0.4 is 4.74 Å². The number of rotatable bonds is 3. The topological polar surface area (TPSA) is 9.23 Å². The van der Waals surface area contributed by atoms with Gasteiger partial charge in [-0.05, 0) is 24.6 Å². The van der Waals surface area contributed by atoms with Crippen molar-refractivity contribution in [2.45, 2.75) is 33.8 Å². The van der Waals surface area contributed by atoms with Gasteiger partial charge in [0.05, 0.1) is 0 Å². The van der Waals surface area contributed by atoms with Gasteiger partial charge in [-0.1, -0.05) is 68.3 Å². The fraction of sp³-hybridized carbons (Fsp3) is 0.294. The maximum atomic E-state index is 5.65. The summed E-state index contributed by atoms with van der Waals surface area (Å²) in [5.41, 5.74) is 2.44. The molecule has 0 N–H and O–H groups in total. The highest BCUT2D eigenvalue weighted by Crippen LogP contribution is 2.13. The molecule has 18 heavy (non-hydrogen) atoms. The predicted molar refractivity (Wildman–Crippen MR) is 77.9 cm³/mol. The molecule has 0 saturated heterocycles. The second-order valence-corrected chi connectivity index (χ2v) is 4.29. The number of ether oxygens (including phenoxy) is 1. The SMILES string of the molecule is CCC.Cc1ccc(OCc2ccccc2)cc1. The zero-order valence-electron chi connectivity index (χ0n) is 11.5. The Hall–Kier alpha value is -1.76. The van der Waals surface area contributed by atoms with Gasteiger partial charge in [-0.15, -0.1) is 0 Å². The second-order valence-electron chi connectivity index (χ2n) is 4.29. The summed E-state index contributed by atoms with van der Waals surface area (Å²) >= 11 is 0. The summed E-state index contributed by atoms with van der Waals surface area (Å²) in [6.07, 6.45) is 1.25. The number of hydrogen-bond donors (Lipinski definition) is 0. The average Bonchev–Trinajstić information content (AvgIpc) is 2.40. The van der Waals surface area contributed by atoms with Crippen LogP contribution in [0.5, 0.6) is 5.75 Å². The third-order valence-electron chi connectivity index (χ3n) is 2.27. The Labute approximate surface area is 110 Å². The Kier molecular flexibility index (Phi) is 6.63. The van der Waals surface area contributed by atoms with Gasteiger partial charge >= 0.3 is 0 Å². The van der Waals surface area contributed by atoms with Crippen molar-refractivity contribution in [1.29, 1.82) is 0 Å². The van der Waals surface area contributed by atoms with E-state index in [0.717, 1.165) is 5.75 Å². The van der Waals surface area contributed by atoms with Crippen LogP contribution in [0.1, 0.15) is 31.4 Å². The van der Waals surface area contributed by atoms with Crippen molar-refractivity contribution in [3.05, 3.63) is 65.7 Å². The molecule has 2 aromatic rings. The van der Waals surface area contributed by atoms with Gasteiger partial charge in [0.1, 0.15) is 12.4 Å². The standard InChI is InChI=1S/C14H14O.C3H8/c1-12-7-9-14(10-8-12)15-11-13-5-3-2-4-6-13;1-3-2/h2-10H,11H2,1H3;3H2,1-2H3. The van der Waals surface area contributed by atoms with Gasteiger partial charge in [0.15, 0.2) is 0 Å². The Morgan fingerprint density at radius 1 is 0.833 bits per heavy atom. The van der Waals surface area contributed by atoms with Gasteiger partial charge in [0, 0.05) is 0 Å². The molecule has 0 aliphatic rings. The second kappa shape index (κ2) is 8.35. The van der Waals surface area contributed by atoms with E-state index in [4.69, 9.17) is 4.74 Å². The van der Waals surface area contributed by atoms with Gasteiger partial charge < -0.3 is 4.74 Å². The molecule has 0 spiro atoms. The maximum absolute atomic E-state index is 5.65. The van der Waals surface area contributed by atoms with Crippen LogP contribution in [0.25, 0.3) is 0 Å². The first-order valence-corrected chi connectivity index (χ1v) is 6.49. The molecule has 0 unspecified atom stereocenters. The normalized spacial score (nSPS) is 9.28. The van der Waals surface area contributed by atoms with Crippen molar-refractivity contribution in [3.8, 4) is 5.75 Å². The summed E-state index contributed by atoms with van der Waals surface area (Å²) in [7, 11) is 0. The van der Waals surface area contributed by atoms with E-state index >= 15 is 0 Å². The van der Waals surface area contributed by atoms with E-state index in [9.17, 15) is 0 Å². The molecule has 2 aromatic carbocycles. The smallest absolute Gasteiger partial charge is 0.119 e. The van der Waals surface area contributed by atoms with Gasteiger partial charge in [-0.3, -0.25) is 0 Å². The van der Waals surface area contributed by atoms with Gasteiger partial charge in [0.25, 0.3) is 0 Å². The molecule has 0 aliphatic carbocycles. The number of hydrogen-bond acceptors (Lipinski definition) is 1. The van der Waals surface area contributed by atoms with Crippen molar-refractivity contribution in [2.75, 3.05) is 0 Å². The lowest BCUT2D eigenvalue weighted by atomic mass is 10.2. The van der Waals surface area contributed by atoms with E-state index in [0.29, 0.717) is 6.61 Å². The van der Waals surface area contributed by atoms with E-state index in [2.05, 4.69) is 45.0 Å². The molecule has 0 radical (unpaired) electrons. The first-order valence-electron chi connectivity index (χ1n) is 6.49. The summed E-state index contributed by atoms with van der Waals surface area (Å²) in [5, 5.41) is 0. The third kappa shape index (κ3) is 5.53. The Morgan fingerprint density at radius 3 is 1.94 bits per heavy atom. The van der Waals surface area contributed by atoms with Crippen molar-refractivity contribution < 1.29 is 4.74 Å². The van der Waals surface area contributed by atoms with Crippen LogP contribution in [0.15, 0.2) is 54.6 Å². The molecule has 0 aliphatic heterocycles. The van der Waals surface area contributed by atoms with E-state index in [1.54, 1.807) is 0 Å². The summed E-state index contributed by atoms with van der Waals surface area (Å²) in [4.78, 5) is 0. The Balaban J connectivity index is 0.000000492. The summed E-state index contributed by atoms with van der Waals surface area (Å²) in [6, 6.07) is 18.3. The molecule has 0 bridgehead atoms. The summed E-state index contributed by atoms with van der Waals surface area (Å²) in [6.45, 7) is 6.95. The minimum atomic E-state index is 0.629. The van der Waals surface area contributed by atoms with E-state index in [1.165, 1.54) is 17.5 Å². The van der Waals surface area contributed by atoms with Gasteiger partial charge in [-0.25, -0.2) is 0 Å². The van der Waals surface area contributed by atoms with Crippen LogP contribution in [0.3, 0.4) is 0 Å². The molecule has 1 nitrogen and oxygen atoms in total. The molecule has 2 rings (SSSR count). The van der Waals surface area contributed by atoms with Crippen LogP contribution in [0.2, 0.25) is 0 Å². The van der Waals surface area contributed by atoms with Crippen LogP contribution in [0.4, 0.5) is 0 Å². The van der Waals surface area contributed by atoms with Crippen molar-refractivity contribution in [3.63, 3.8) is 0 Å². The molecule has 0 aromatic heterocycles. The lowest BCUT2D eigenvalue weighted by Gasteiger charge is -2.06.